The molecule has 1 heterocycles. The summed E-state index contributed by atoms with van der Waals surface area (Å²) in [6.07, 6.45) is 0. The minimum Gasteiger partial charge on any atom is -0.458 e. The number of rotatable bonds is 3. The van der Waals surface area contributed by atoms with E-state index in [1.54, 1.807) is 6.07 Å². The zero-order valence-electron chi connectivity index (χ0n) is 18.4. The topological polar surface area (TPSA) is 63.2 Å². The van der Waals surface area contributed by atoms with Gasteiger partial charge in [0, 0.05) is 22.1 Å². The predicted molar refractivity (Wildman–Crippen MR) is 118 cm³/mol. The van der Waals surface area contributed by atoms with Crippen molar-refractivity contribution in [2.75, 3.05) is 0 Å². The highest BCUT2D eigenvalue weighted by Gasteiger charge is 2.32. The Kier molecular flexibility index (Phi) is 5.59. The fourth-order valence-electron chi connectivity index (χ4n) is 3.13. The first kappa shape index (κ1) is 21.4. The van der Waals surface area contributed by atoms with Crippen LogP contribution in [0.5, 0.6) is 5.75 Å². The number of hydrogen-bond acceptors (Lipinski definition) is 4. The molecule has 0 unspecified atom stereocenters. The summed E-state index contributed by atoms with van der Waals surface area (Å²) < 4.78 is 12.1. The quantitative estimate of drug-likeness (QED) is 0.360. The number of esters is 1. The van der Waals surface area contributed by atoms with E-state index >= 15 is 0 Å². The highest BCUT2D eigenvalue weighted by atomic mass is 16.5. The number of carbonyl (C=O) groups excluding carboxylic acids is 1. The van der Waals surface area contributed by atoms with E-state index in [0.29, 0.717) is 34.0 Å². The van der Waals surface area contributed by atoms with Gasteiger partial charge in [-0.3, -0.25) is 4.79 Å². The van der Waals surface area contributed by atoms with Crippen molar-refractivity contribution in [3.05, 3.63) is 65.9 Å². The fourth-order valence-corrected chi connectivity index (χ4v) is 3.13. The van der Waals surface area contributed by atoms with Crippen LogP contribution in [0.2, 0.25) is 0 Å². The first-order valence-electron chi connectivity index (χ1n) is 9.98. The third kappa shape index (κ3) is 4.16. The molecule has 3 aromatic rings. The summed E-state index contributed by atoms with van der Waals surface area (Å²) in [5, 5.41) is 10.1. The van der Waals surface area contributed by atoms with Crippen molar-refractivity contribution < 1.29 is 13.9 Å². The molecule has 0 fully saturated rings. The van der Waals surface area contributed by atoms with Gasteiger partial charge in [0.05, 0.1) is 5.41 Å². The molecule has 4 nitrogen and oxygen atoms in total. The van der Waals surface area contributed by atoms with Crippen molar-refractivity contribution in [2.24, 2.45) is 5.41 Å². The van der Waals surface area contributed by atoms with Gasteiger partial charge < -0.3 is 9.15 Å². The molecule has 1 aromatic heterocycles. The van der Waals surface area contributed by atoms with Gasteiger partial charge >= 0.3 is 5.97 Å². The van der Waals surface area contributed by atoms with Crippen LogP contribution < -0.4 is 4.74 Å². The van der Waals surface area contributed by atoms with Crippen LogP contribution in [0.15, 0.2) is 59.0 Å². The Balaban J connectivity index is 2.28. The van der Waals surface area contributed by atoms with E-state index in [-0.39, 0.29) is 11.4 Å². The Labute approximate surface area is 178 Å². The second-order valence-corrected chi connectivity index (χ2v) is 9.37. The average Bonchev–Trinajstić information content (AvgIpc) is 3.08. The van der Waals surface area contributed by atoms with Crippen molar-refractivity contribution >= 4 is 5.97 Å². The largest absolute Gasteiger partial charge is 0.458 e. The first-order valence-corrected chi connectivity index (χ1v) is 9.98. The second-order valence-electron chi connectivity index (χ2n) is 9.37. The Bertz CT molecular complexity index is 1100. The van der Waals surface area contributed by atoms with E-state index < -0.39 is 5.41 Å². The van der Waals surface area contributed by atoms with Gasteiger partial charge in [0.2, 0.25) is 0 Å². The van der Waals surface area contributed by atoms with Crippen LogP contribution in [-0.2, 0) is 10.2 Å². The van der Waals surface area contributed by atoms with Crippen LogP contribution in [0, 0.1) is 16.7 Å². The molecule has 30 heavy (non-hydrogen) atoms. The lowest BCUT2D eigenvalue weighted by Crippen LogP contribution is -2.25. The molecule has 0 aliphatic heterocycles. The van der Waals surface area contributed by atoms with Gasteiger partial charge in [-0.15, -0.1) is 0 Å². The summed E-state index contributed by atoms with van der Waals surface area (Å²) in [6.45, 7) is 11.5. The van der Waals surface area contributed by atoms with Gasteiger partial charge in [-0.05, 0) is 26.8 Å². The molecule has 0 aliphatic carbocycles. The van der Waals surface area contributed by atoms with Crippen LogP contribution in [0.4, 0.5) is 0 Å². The van der Waals surface area contributed by atoms with E-state index in [0.717, 1.165) is 5.56 Å². The van der Waals surface area contributed by atoms with Crippen LogP contribution >= 0.6 is 0 Å². The molecule has 0 N–H and O–H groups in total. The lowest BCUT2D eigenvalue weighted by atomic mass is 9.86. The minimum atomic E-state index is -0.649. The average molecular weight is 402 g/mol. The number of ether oxygens (including phenoxy) is 1. The van der Waals surface area contributed by atoms with Gasteiger partial charge in [0.25, 0.3) is 0 Å². The highest BCUT2D eigenvalue weighted by molar-refractivity contribution is 5.87. The summed E-state index contributed by atoms with van der Waals surface area (Å²) in [6, 6.07) is 19.2. The minimum absolute atomic E-state index is 0.336. The first-order chi connectivity index (χ1) is 14.0. The van der Waals surface area contributed by atoms with Crippen molar-refractivity contribution in [2.45, 2.75) is 47.0 Å². The van der Waals surface area contributed by atoms with E-state index in [1.165, 1.54) is 0 Å². The van der Waals surface area contributed by atoms with Gasteiger partial charge in [-0.2, -0.15) is 5.26 Å². The molecular formula is C26H27NO3. The van der Waals surface area contributed by atoms with Gasteiger partial charge in [0.1, 0.15) is 23.1 Å². The zero-order valence-corrected chi connectivity index (χ0v) is 18.4. The number of hydrogen-bond donors (Lipinski definition) is 0. The van der Waals surface area contributed by atoms with Crippen molar-refractivity contribution in [1.29, 1.82) is 5.26 Å². The molecular weight excluding hydrogens is 374 g/mol. The van der Waals surface area contributed by atoms with E-state index in [2.05, 4.69) is 6.07 Å². The monoisotopic (exact) mass is 401 g/mol. The highest BCUT2D eigenvalue weighted by Crippen LogP contribution is 2.45. The Hall–Kier alpha value is -3.32. The molecule has 0 bridgehead atoms. The molecule has 0 atom stereocenters. The number of benzene rings is 2. The predicted octanol–water partition coefficient (Wildman–Crippen LogP) is 6.73. The van der Waals surface area contributed by atoms with Crippen molar-refractivity contribution in [3.8, 4) is 34.3 Å². The van der Waals surface area contributed by atoms with Gasteiger partial charge in [0.15, 0.2) is 5.76 Å². The van der Waals surface area contributed by atoms with Crippen LogP contribution in [0.25, 0.3) is 22.5 Å². The van der Waals surface area contributed by atoms with E-state index in [1.807, 2.05) is 90.1 Å². The molecule has 4 heteroatoms. The molecule has 0 saturated heterocycles. The third-order valence-electron chi connectivity index (χ3n) is 4.71. The number of nitrogens with zero attached hydrogens (tertiary/aromatic N) is 1. The summed E-state index contributed by atoms with van der Waals surface area (Å²) in [7, 11) is 0. The molecule has 154 valence electrons. The van der Waals surface area contributed by atoms with Gasteiger partial charge in [-0.25, -0.2) is 0 Å². The molecule has 0 saturated carbocycles. The second kappa shape index (κ2) is 7.84. The number of nitriles is 1. The summed E-state index contributed by atoms with van der Waals surface area (Å²) in [4.78, 5) is 12.6. The normalized spacial score (nSPS) is 11.8. The summed E-state index contributed by atoms with van der Waals surface area (Å²) in [5.41, 5.74) is 1.59. The lowest BCUT2D eigenvalue weighted by molar-refractivity contribution is -0.142. The van der Waals surface area contributed by atoms with Crippen LogP contribution in [0.1, 0.15) is 52.9 Å². The fraction of sp³-hybridized carbons (Fsp3) is 0.308. The van der Waals surface area contributed by atoms with Crippen molar-refractivity contribution in [1.82, 2.24) is 0 Å². The van der Waals surface area contributed by atoms with Gasteiger partial charge in [-0.1, -0.05) is 69.3 Å². The smallest absolute Gasteiger partial charge is 0.316 e. The zero-order chi connectivity index (χ0) is 22.1. The lowest BCUT2D eigenvalue weighted by Gasteiger charge is -2.20. The number of carbonyl (C=O) groups is 1. The number of furan rings is 1. The third-order valence-corrected chi connectivity index (χ3v) is 4.71. The Morgan fingerprint density at radius 2 is 1.53 bits per heavy atom. The summed E-state index contributed by atoms with van der Waals surface area (Å²) in [5.74, 6) is 1.28. The molecule has 0 amide bonds. The number of para-hydroxylation sites is 1. The molecule has 0 spiro atoms. The van der Waals surface area contributed by atoms with E-state index in [4.69, 9.17) is 9.15 Å². The maximum atomic E-state index is 12.6. The maximum absolute atomic E-state index is 12.6. The van der Waals surface area contributed by atoms with Crippen LogP contribution in [-0.4, -0.2) is 5.97 Å². The Morgan fingerprint density at radius 1 is 0.933 bits per heavy atom. The molecule has 0 radical (unpaired) electrons. The molecule has 2 aromatic carbocycles. The van der Waals surface area contributed by atoms with E-state index in [9.17, 15) is 10.1 Å². The standard InChI is InChI=1S/C26H27NO3/c1-25(2,3)23-21(19(16-27)22(30-23)17-12-8-7-9-13-17)18-14-10-11-15-20(18)29-24(28)26(4,5)6/h7-15H,1-6H3. The molecule has 0 aliphatic rings. The van der Waals surface area contributed by atoms with Crippen molar-refractivity contribution in [3.63, 3.8) is 0 Å². The summed E-state index contributed by atoms with van der Waals surface area (Å²) >= 11 is 0. The SMILES string of the molecule is CC(C)(C)C(=O)Oc1ccccc1-c1c(C(C)(C)C)oc(-c2ccccc2)c1C#N. The molecule has 3 rings (SSSR count). The van der Waals surface area contributed by atoms with Crippen LogP contribution in [0.3, 0.4) is 0 Å². The Morgan fingerprint density at radius 3 is 2.10 bits per heavy atom. The maximum Gasteiger partial charge on any atom is 0.316 e.